The minimum atomic E-state index is -3.54. The number of fused-ring (bicyclic) bond motifs is 1. The lowest BCUT2D eigenvalue weighted by Gasteiger charge is -2.26. The Morgan fingerprint density at radius 1 is 1.23 bits per heavy atom. The molecule has 0 amide bonds. The highest BCUT2D eigenvalue weighted by Gasteiger charge is 2.24. The first-order valence-corrected chi connectivity index (χ1v) is 9.96. The van der Waals surface area contributed by atoms with Crippen molar-refractivity contribution in [3.63, 3.8) is 0 Å². The molecule has 140 valence electrons. The van der Waals surface area contributed by atoms with E-state index >= 15 is 0 Å². The van der Waals surface area contributed by atoms with Gasteiger partial charge >= 0.3 is 0 Å². The van der Waals surface area contributed by atoms with Gasteiger partial charge in [0.25, 0.3) is 10.2 Å². The van der Waals surface area contributed by atoms with Gasteiger partial charge in [0.2, 0.25) is 0 Å². The average molecular weight is 376 g/mol. The molecule has 1 aliphatic rings. The maximum Gasteiger partial charge on any atom is 0.279 e. The second-order valence-corrected chi connectivity index (χ2v) is 8.31. The standard InChI is InChI=1S/C19H24N2O4S/c1-21(13-15-6-4-3-5-7-15)26(22,23)20-12-16-10-17-8-9-18(24-2)11-19(17)25-14-16/h3-9,11,16,20H,10,12-14H2,1-2H3/t16-/m1/s1. The number of benzene rings is 2. The van der Waals surface area contributed by atoms with Crippen LogP contribution in [0, 0.1) is 5.92 Å². The molecule has 0 radical (unpaired) electrons. The summed E-state index contributed by atoms with van der Waals surface area (Å²) in [4.78, 5) is 0. The Balaban J connectivity index is 1.56. The predicted molar refractivity (Wildman–Crippen MR) is 101 cm³/mol. The zero-order valence-corrected chi connectivity index (χ0v) is 15.8. The van der Waals surface area contributed by atoms with Crippen LogP contribution in [0.3, 0.4) is 0 Å². The number of rotatable bonds is 7. The van der Waals surface area contributed by atoms with Gasteiger partial charge < -0.3 is 9.47 Å². The van der Waals surface area contributed by atoms with Gasteiger partial charge in [-0.3, -0.25) is 0 Å². The lowest BCUT2D eigenvalue weighted by atomic mass is 9.97. The van der Waals surface area contributed by atoms with E-state index in [1.807, 2.05) is 48.5 Å². The zero-order valence-electron chi connectivity index (χ0n) is 15.0. The second kappa shape index (κ2) is 8.07. The summed E-state index contributed by atoms with van der Waals surface area (Å²) in [6.07, 6.45) is 0.768. The molecular formula is C19H24N2O4S. The molecule has 7 heteroatoms. The van der Waals surface area contributed by atoms with Crippen molar-refractivity contribution in [2.75, 3.05) is 27.3 Å². The number of hydrogen-bond acceptors (Lipinski definition) is 4. The Labute approximate surface area is 154 Å². The van der Waals surface area contributed by atoms with Gasteiger partial charge in [-0.25, -0.2) is 4.72 Å². The van der Waals surface area contributed by atoms with Gasteiger partial charge in [0.15, 0.2) is 0 Å². The minimum Gasteiger partial charge on any atom is -0.497 e. The molecule has 2 aromatic carbocycles. The lowest BCUT2D eigenvalue weighted by Crippen LogP contribution is -2.42. The Hall–Kier alpha value is -2.09. The molecule has 0 spiro atoms. The van der Waals surface area contributed by atoms with Gasteiger partial charge in [-0.15, -0.1) is 0 Å². The van der Waals surface area contributed by atoms with Crippen LogP contribution in [0.25, 0.3) is 0 Å². The van der Waals surface area contributed by atoms with E-state index < -0.39 is 10.2 Å². The molecule has 1 aliphatic heterocycles. The number of nitrogens with one attached hydrogen (secondary N) is 1. The summed E-state index contributed by atoms with van der Waals surface area (Å²) in [7, 11) is -0.341. The van der Waals surface area contributed by atoms with E-state index in [1.165, 1.54) is 4.31 Å². The van der Waals surface area contributed by atoms with Crippen molar-refractivity contribution in [3.05, 3.63) is 59.7 Å². The van der Waals surface area contributed by atoms with E-state index in [2.05, 4.69) is 4.72 Å². The summed E-state index contributed by atoms with van der Waals surface area (Å²) in [6, 6.07) is 15.2. The van der Waals surface area contributed by atoms with Crippen LogP contribution in [0.5, 0.6) is 11.5 Å². The minimum absolute atomic E-state index is 0.0933. The molecule has 6 nitrogen and oxygen atoms in total. The first-order chi connectivity index (χ1) is 12.5. The topological polar surface area (TPSA) is 67.9 Å². The highest BCUT2D eigenvalue weighted by atomic mass is 32.2. The van der Waals surface area contributed by atoms with Gasteiger partial charge in [-0.1, -0.05) is 36.4 Å². The summed E-state index contributed by atoms with van der Waals surface area (Å²) in [5, 5.41) is 0. The van der Waals surface area contributed by atoms with Gasteiger partial charge in [0, 0.05) is 32.1 Å². The molecule has 0 bridgehead atoms. The van der Waals surface area contributed by atoms with E-state index in [4.69, 9.17) is 9.47 Å². The van der Waals surface area contributed by atoms with Crippen LogP contribution in [-0.4, -0.2) is 40.0 Å². The van der Waals surface area contributed by atoms with Crippen molar-refractivity contribution in [1.29, 1.82) is 0 Å². The van der Waals surface area contributed by atoms with Crippen LogP contribution < -0.4 is 14.2 Å². The molecule has 1 atom stereocenters. The van der Waals surface area contributed by atoms with Gasteiger partial charge in [-0.05, 0) is 23.6 Å². The molecule has 0 saturated heterocycles. The average Bonchev–Trinajstić information content (AvgIpc) is 2.66. The second-order valence-electron chi connectivity index (χ2n) is 6.45. The fraction of sp³-hybridized carbons (Fsp3) is 0.368. The quantitative estimate of drug-likeness (QED) is 0.805. The smallest absolute Gasteiger partial charge is 0.279 e. The summed E-state index contributed by atoms with van der Waals surface area (Å²) >= 11 is 0. The van der Waals surface area contributed by atoms with Crippen LogP contribution in [0.2, 0.25) is 0 Å². The molecule has 0 unspecified atom stereocenters. The first-order valence-electron chi connectivity index (χ1n) is 8.52. The van der Waals surface area contributed by atoms with E-state index in [0.29, 0.717) is 19.7 Å². The number of ether oxygens (including phenoxy) is 2. The molecule has 1 heterocycles. The molecular weight excluding hydrogens is 352 g/mol. The summed E-state index contributed by atoms with van der Waals surface area (Å²) in [6.45, 7) is 1.15. The Kier molecular flexibility index (Phi) is 5.80. The molecule has 3 rings (SSSR count). The largest absolute Gasteiger partial charge is 0.497 e. The Morgan fingerprint density at radius 2 is 2.00 bits per heavy atom. The number of hydrogen-bond donors (Lipinski definition) is 1. The number of nitrogens with zero attached hydrogens (tertiary/aromatic N) is 1. The van der Waals surface area contributed by atoms with Gasteiger partial charge in [-0.2, -0.15) is 12.7 Å². The van der Waals surface area contributed by atoms with Gasteiger partial charge in [0.1, 0.15) is 11.5 Å². The maximum atomic E-state index is 12.5. The summed E-state index contributed by atoms with van der Waals surface area (Å²) < 4.78 is 39.9. The van der Waals surface area contributed by atoms with Crippen LogP contribution in [0.4, 0.5) is 0 Å². The van der Waals surface area contributed by atoms with Crippen molar-refractivity contribution < 1.29 is 17.9 Å². The van der Waals surface area contributed by atoms with Crippen LogP contribution in [-0.2, 0) is 23.2 Å². The van der Waals surface area contributed by atoms with Crippen molar-refractivity contribution in [2.24, 2.45) is 5.92 Å². The van der Waals surface area contributed by atoms with Crippen molar-refractivity contribution in [1.82, 2.24) is 9.03 Å². The Morgan fingerprint density at radius 3 is 2.73 bits per heavy atom. The lowest BCUT2D eigenvalue weighted by molar-refractivity contribution is 0.221. The molecule has 1 N–H and O–H groups in total. The third-order valence-corrected chi connectivity index (χ3v) is 5.95. The van der Waals surface area contributed by atoms with Crippen molar-refractivity contribution in [2.45, 2.75) is 13.0 Å². The highest BCUT2D eigenvalue weighted by Crippen LogP contribution is 2.30. The third-order valence-electron chi connectivity index (χ3n) is 4.47. The van der Waals surface area contributed by atoms with Gasteiger partial charge in [0.05, 0.1) is 13.7 Å². The fourth-order valence-electron chi connectivity index (χ4n) is 2.93. The first kappa shape index (κ1) is 18.7. The predicted octanol–water partition coefficient (Wildman–Crippen LogP) is 2.21. The van der Waals surface area contributed by atoms with E-state index in [-0.39, 0.29) is 5.92 Å². The molecule has 26 heavy (non-hydrogen) atoms. The molecule has 0 aliphatic carbocycles. The van der Waals surface area contributed by atoms with Crippen LogP contribution in [0.1, 0.15) is 11.1 Å². The maximum absolute atomic E-state index is 12.5. The molecule has 0 saturated carbocycles. The highest BCUT2D eigenvalue weighted by molar-refractivity contribution is 7.87. The Bertz CT molecular complexity index is 840. The number of methoxy groups -OCH3 is 1. The van der Waals surface area contributed by atoms with Crippen LogP contribution in [0.15, 0.2) is 48.5 Å². The monoisotopic (exact) mass is 376 g/mol. The zero-order chi connectivity index (χ0) is 18.6. The summed E-state index contributed by atoms with van der Waals surface area (Å²) in [5.41, 5.74) is 2.02. The van der Waals surface area contributed by atoms with E-state index in [0.717, 1.165) is 29.0 Å². The molecule has 2 aromatic rings. The van der Waals surface area contributed by atoms with E-state index in [1.54, 1.807) is 14.2 Å². The summed E-state index contributed by atoms with van der Waals surface area (Å²) in [5.74, 6) is 1.66. The van der Waals surface area contributed by atoms with Crippen molar-refractivity contribution in [3.8, 4) is 11.5 Å². The molecule has 0 aromatic heterocycles. The third kappa shape index (κ3) is 4.55. The SMILES string of the molecule is COc1ccc2c(c1)OC[C@@H](CNS(=O)(=O)N(C)Cc1ccccc1)C2. The molecule has 0 fully saturated rings. The van der Waals surface area contributed by atoms with E-state index in [9.17, 15) is 8.42 Å². The fourth-order valence-corrected chi connectivity index (χ4v) is 3.92. The normalized spacial score (nSPS) is 16.8. The van der Waals surface area contributed by atoms with Crippen LogP contribution >= 0.6 is 0 Å². The van der Waals surface area contributed by atoms with Crippen molar-refractivity contribution >= 4 is 10.2 Å².